The molecule has 12 heavy (non-hydrogen) atoms. The van der Waals surface area contributed by atoms with Crippen LogP contribution in [0.3, 0.4) is 0 Å². The predicted molar refractivity (Wildman–Crippen MR) is 46.6 cm³/mol. The summed E-state index contributed by atoms with van der Waals surface area (Å²) in [6, 6.07) is 2.10. The van der Waals surface area contributed by atoms with Crippen LogP contribution >= 0.6 is 11.6 Å². The van der Waals surface area contributed by atoms with Crippen LogP contribution in [0.2, 0.25) is 0 Å². The molecule has 0 aliphatic heterocycles. The highest BCUT2D eigenvalue weighted by Crippen LogP contribution is 2.01. The highest BCUT2D eigenvalue weighted by Gasteiger charge is 1.95. The standard InChI is InChI=1S/C8H10ClN3/c9-5-8-6-12(7-11-8)4-2-1-3-10/h6-7H,1-2,4-5H2. The maximum absolute atomic E-state index is 8.30. The Bertz CT molecular complexity index is 274. The van der Waals surface area contributed by atoms with Crippen molar-refractivity contribution in [3.63, 3.8) is 0 Å². The predicted octanol–water partition coefficient (Wildman–Crippen LogP) is 1.93. The number of hydrogen-bond acceptors (Lipinski definition) is 2. The first-order valence-corrected chi connectivity index (χ1v) is 4.34. The van der Waals surface area contributed by atoms with E-state index in [0.29, 0.717) is 12.3 Å². The fourth-order valence-electron chi connectivity index (χ4n) is 0.938. The summed E-state index contributed by atoms with van der Waals surface area (Å²) < 4.78 is 1.95. The van der Waals surface area contributed by atoms with Crippen molar-refractivity contribution in [2.45, 2.75) is 25.3 Å². The monoisotopic (exact) mass is 183 g/mol. The zero-order valence-corrected chi connectivity index (χ0v) is 7.46. The minimum absolute atomic E-state index is 0.450. The molecule has 0 fully saturated rings. The number of unbranched alkanes of at least 4 members (excludes halogenated alkanes) is 1. The second kappa shape index (κ2) is 4.78. The van der Waals surface area contributed by atoms with Gasteiger partial charge in [-0.15, -0.1) is 11.6 Å². The Kier molecular flexibility index (Phi) is 3.62. The fourth-order valence-corrected chi connectivity index (χ4v) is 1.08. The van der Waals surface area contributed by atoms with Gasteiger partial charge in [-0.3, -0.25) is 0 Å². The summed E-state index contributed by atoms with van der Waals surface area (Å²) in [5, 5.41) is 8.30. The van der Waals surface area contributed by atoms with E-state index in [1.807, 2.05) is 10.8 Å². The van der Waals surface area contributed by atoms with E-state index in [9.17, 15) is 0 Å². The molecule has 0 spiro atoms. The molecule has 1 aromatic heterocycles. The number of nitrogens with zero attached hydrogens (tertiary/aromatic N) is 3. The highest BCUT2D eigenvalue weighted by atomic mass is 35.5. The summed E-state index contributed by atoms with van der Waals surface area (Å²) in [6.45, 7) is 0.845. The summed E-state index contributed by atoms with van der Waals surface area (Å²) in [4.78, 5) is 4.06. The van der Waals surface area contributed by atoms with Crippen molar-refractivity contribution in [3.8, 4) is 6.07 Å². The van der Waals surface area contributed by atoms with Crippen LogP contribution in [-0.2, 0) is 12.4 Å². The molecular weight excluding hydrogens is 174 g/mol. The van der Waals surface area contributed by atoms with Gasteiger partial charge in [0.1, 0.15) is 0 Å². The Labute approximate surface area is 76.6 Å². The molecule has 0 N–H and O–H groups in total. The van der Waals surface area contributed by atoms with Crippen LogP contribution in [0, 0.1) is 11.3 Å². The van der Waals surface area contributed by atoms with E-state index < -0.39 is 0 Å². The number of halogens is 1. The number of rotatable bonds is 4. The number of alkyl halides is 1. The normalized spacial score (nSPS) is 9.67. The van der Waals surface area contributed by atoms with Crippen LogP contribution in [0.1, 0.15) is 18.5 Å². The molecule has 0 unspecified atom stereocenters. The van der Waals surface area contributed by atoms with Crippen molar-refractivity contribution in [1.82, 2.24) is 9.55 Å². The largest absolute Gasteiger partial charge is 0.337 e. The van der Waals surface area contributed by atoms with E-state index in [2.05, 4.69) is 11.1 Å². The van der Waals surface area contributed by atoms with E-state index in [4.69, 9.17) is 16.9 Å². The molecule has 0 saturated carbocycles. The molecule has 0 atom stereocenters. The summed E-state index contributed by atoms with van der Waals surface area (Å²) in [5.74, 6) is 0.450. The number of imidazole rings is 1. The van der Waals surface area contributed by atoms with Gasteiger partial charge in [0.15, 0.2) is 0 Å². The topological polar surface area (TPSA) is 41.6 Å². The van der Waals surface area contributed by atoms with Crippen molar-refractivity contribution in [2.75, 3.05) is 0 Å². The molecule has 3 nitrogen and oxygen atoms in total. The Balaban J connectivity index is 2.37. The van der Waals surface area contributed by atoms with E-state index in [0.717, 1.165) is 18.7 Å². The second-order valence-corrected chi connectivity index (χ2v) is 2.77. The lowest BCUT2D eigenvalue weighted by atomic mass is 10.3. The average Bonchev–Trinajstić information content (AvgIpc) is 2.53. The van der Waals surface area contributed by atoms with Gasteiger partial charge in [0.25, 0.3) is 0 Å². The van der Waals surface area contributed by atoms with Crippen LogP contribution in [-0.4, -0.2) is 9.55 Å². The number of hydrogen-bond donors (Lipinski definition) is 0. The molecule has 0 aliphatic carbocycles. The maximum atomic E-state index is 8.30. The maximum Gasteiger partial charge on any atom is 0.0949 e. The molecule has 0 aromatic carbocycles. The van der Waals surface area contributed by atoms with Crippen LogP contribution in [0.4, 0.5) is 0 Å². The summed E-state index contributed by atoms with van der Waals surface area (Å²) in [6.07, 6.45) is 5.11. The van der Waals surface area contributed by atoms with Gasteiger partial charge in [0.2, 0.25) is 0 Å². The van der Waals surface area contributed by atoms with Crippen molar-refractivity contribution in [3.05, 3.63) is 18.2 Å². The Hall–Kier alpha value is -1.01. The Morgan fingerprint density at radius 1 is 1.67 bits per heavy atom. The van der Waals surface area contributed by atoms with Gasteiger partial charge < -0.3 is 4.57 Å². The molecular formula is C8H10ClN3. The fraction of sp³-hybridized carbons (Fsp3) is 0.500. The third-order valence-corrected chi connectivity index (χ3v) is 1.80. The zero-order chi connectivity index (χ0) is 8.81. The van der Waals surface area contributed by atoms with Crippen LogP contribution < -0.4 is 0 Å². The summed E-state index contributed by atoms with van der Waals surface area (Å²) in [5.41, 5.74) is 0.883. The van der Waals surface area contributed by atoms with Crippen molar-refractivity contribution in [1.29, 1.82) is 5.26 Å². The van der Waals surface area contributed by atoms with Gasteiger partial charge in [-0.25, -0.2) is 4.98 Å². The number of nitriles is 1. The van der Waals surface area contributed by atoms with Gasteiger partial charge in [-0.05, 0) is 6.42 Å². The first-order valence-electron chi connectivity index (χ1n) is 3.80. The van der Waals surface area contributed by atoms with E-state index >= 15 is 0 Å². The molecule has 0 aliphatic rings. The molecule has 0 amide bonds. The third kappa shape index (κ3) is 2.55. The van der Waals surface area contributed by atoms with Crippen molar-refractivity contribution >= 4 is 11.6 Å². The molecule has 0 radical (unpaired) electrons. The average molecular weight is 184 g/mol. The van der Waals surface area contributed by atoms with Gasteiger partial charge in [-0.2, -0.15) is 5.26 Å². The summed E-state index contributed by atoms with van der Waals surface area (Å²) >= 11 is 5.57. The molecule has 1 rings (SSSR count). The molecule has 0 saturated heterocycles. The van der Waals surface area contributed by atoms with E-state index in [-0.39, 0.29) is 0 Å². The SMILES string of the molecule is N#CCCCn1cnc(CCl)c1. The highest BCUT2D eigenvalue weighted by molar-refractivity contribution is 6.16. The minimum atomic E-state index is 0.450. The lowest BCUT2D eigenvalue weighted by Crippen LogP contribution is -1.93. The van der Waals surface area contributed by atoms with E-state index in [1.165, 1.54) is 0 Å². The van der Waals surface area contributed by atoms with Gasteiger partial charge >= 0.3 is 0 Å². The molecule has 0 bridgehead atoms. The lowest BCUT2D eigenvalue weighted by molar-refractivity contribution is 0.652. The summed E-state index contributed by atoms with van der Waals surface area (Å²) in [7, 11) is 0. The first kappa shape index (κ1) is 9.08. The van der Waals surface area contributed by atoms with Crippen LogP contribution in [0.5, 0.6) is 0 Å². The van der Waals surface area contributed by atoms with Gasteiger partial charge in [0.05, 0.1) is 24.0 Å². The van der Waals surface area contributed by atoms with Gasteiger partial charge in [0, 0.05) is 19.2 Å². The zero-order valence-electron chi connectivity index (χ0n) is 6.70. The molecule has 64 valence electrons. The third-order valence-electron chi connectivity index (χ3n) is 1.53. The van der Waals surface area contributed by atoms with Crippen LogP contribution in [0.15, 0.2) is 12.5 Å². The minimum Gasteiger partial charge on any atom is -0.337 e. The first-order chi connectivity index (χ1) is 5.86. The van der Waals surface area contributed by atoms with Gasteiger partial charge in [-0.1, -0.05) is 0 Å². The van der Waals surface area contributed by atoms with E-state index in [1.54, 1.807) is 6.33 Å². The Morgan fingerprint density at radius 3 is 3.08 bits per heavy atom. The lowest BCUT2D eigenvalue weighted by Gasteiger charge is -1.96. The van der Waals surface area contributed by atoms with Crippen LogP contribution in [0.25, 0.3) is 0 Å². The molecule has 1 heterocycles. The molecule has 4 heteroatoms. The van der Waals surface area contributed by atoms with Crippen molar-refractivity contribution < 1.29 is 0 Å². The smallest absolute Gasteiger partial charge is 0.0949 e. The Morgan fingerprint density at radius 2 is 2.50 bits per heavy atom. The second-order valence-electron chi connectivity index (χ2n) is 2.50. The quantitative estimate of drug-likeness (QED) is 0.529. The van der Waals surface area contributed by atoms with Crippen molar-refractivity contribution in [2.24, 2.45) is 0 Å². The number of aromatic nitrogens is 2. The molecule has 1 aromatic rings. The number of aryl methyl sites for hydroxylation is 1.